The molecule has 0 aliphatic rings. The highest BCUT2D eigenvalue weighted by molar-refractivity contribution is 7.49. The smallest absolute Gasteiger partial charge is 0.394 e. The maximum absolute atomic E-state index is 12.6. The Morgan fingerprint density at radius 1 is 0.638 bits per heavy atom. The lowest BCUT2D eigenvalue weighted by molar-refractivity contribution is -0.341. The summed E-state index contributed by atoms with van der Waals surface area (Å²) < 4.78 is 48.7. The van der Waals surface area contributed by atoms with Crippen LogP contribution in [-0.4, -0.2) is 112 Å². The molecule has 6 N–H and O–H groups in total. The average molecular weight is 682 g/mol. The second-order valence-electron chi connectivity index (χ2n) is 9.95. The Hall–Kier alpha value is -2.59. The number of benzene rings is 3. The first-order valence-electron chi connectivity index (χ1n) is 15.0. The van der Waals surface area contributed by atoms with Gasteiger partial charge in [0.1, 0.15) is 5.41 Å². The van der Waals surface area contributed by atoms with E-state index in [0.717, 1.165) is 16.7 Å². The van der Waals surface area contributed by atoms with Gasteiger partial charge in [-0.2, -0.15) is 0 Å². The van der Waals surface area contributed by atoms with Crippen molar-refractivity contribution in [2.24, 2.45) is 5.50 Å². The van der Waals surface area contributed by atoms with Crippen LogP contribution in [0.25, 0.3) is 0 Å². The quantitative estimate of drug-likeness (QED) is 0.0451. The zero-order valence-electron chi connectivity index (χ0n) is 26.9. The van der Waals surface area contributed by atoms with Crippen molar-refractivity contribution in [2.45, 2.75) is 17.5 Å². The van der Waals surface area contributed by atoms with E-state index in [-0.39, 0.29) is 19.8 Å². The summed E-state index contributed by atoms with van der Waals surface area (Å²) in [7, 11) is -1.20. The first-order valence-corrected chi connectivity index (χ1v) is 16.7. The second-order valence-corrected chi connectivity index (χ2v) is 11.1. The van der Waals surface area contributed by atoms with Gasteiger partial charge in [0.2, 0.25) is 12.1 Å². The highest BCUT2D eigenvalue weighted by Gasteiger charge is 2.60. The van der Waals surface area contributed by atoms with Crippen LogP contribution in [0.2, 0.25) is 0 Å². The van der Waals surface area contributed by atoms with Crippen LogP contribution in [0.1, 0.15) is 16.7 Å². The van der Waals surface area contributed by atoms with Gasteiger partial charge in [-0.3, -0.25) is 0 Å². The first-order chi connectivity index (χ1) is 22.6. The van der Waals surface area contributed by atoms with Crippen molar-refractivity contribution in [3.8, 4) is 0 Å². The Kier molecular flexibility index (Phi) is 19.1. The van der Waals surface area contributed by atoms with Crippen LogP contribution < -0.4 is 5.50 Å². The van der Waals surface area contributed by atoms with E-state index in [9.17, 15) is 5.11 Å². The number of nitrogens with two attached hydrogens (primary N) is 1. The van der Waals surface area contributed by atoms with Crippen molar-refractivity contribution >= 4 is 7.75 Å². The fourth-order valence-electron chi connectivity index (χ4n) is 4.99. The third-order valence-corrected chi connectivity index (χ3v) is 6.85. The van der Waals surface area contributed by atoms with Crippen molar-refractivity contribution < 1.29 is 57.7 Å². The number of aliphatic hydroxyl groups excluding tert-OH is 1. The normalized spacial score (nSPS) is 13.8. The van der Waals surface area contributed by atoms with Gasteiger partial charge < -0.3 is 53.2 Å². The summed E-state index contributed by atoms with van der Waals surface area (Å²) in [4.78, 5) is 14.8. The molecule has 2 unspecified atom stereocenters. The van der Waals surface area contributed by atoms with Gasteiger partial charge in [0.25, 0.3) is 0 Å². The number of aliphatic hydroxyl groups is 2. The zero-order chi connectivity index (χ0) is 34.4. The molecule has 3 aromatic rings. The number of hydrogen-bond acceptors (Lipinski definition) is 10. The van der Waals surface area contributed by atoms with Gasteiger partial charge in [-0.15, -0.1) is 0 Å². The Morgan fingerprint density at radius 3 is 1.26 bits per heavy atom. The molecular formula is C33H48NO12P. The molecule has 0 aliphatic carbocycles. The third kappa shape index (κ3) is 13.1. The summed E-state index contributed by atoms with van der Waals surface area (Å²) in [6, 6.07) is 29.2. The molecule has 13 nitrogen and oxygen atoms in total. The molecule has 47 heavy (non-hydrogen) atoms. The van der Waals surface area contributed by atoms with Crippen molar-refractivity contribution in [3.63, 3.8) is 0 Å². The lowest BCUT2D eigenvalue weighted by Crippen LogP contribution is -2.63. The van der Waals surface area contributed by atoms with Gasteiger partial charge in [-0.25, -0.2) is 10.1 Å². The highest BCUT2D eigenvalue weighted by atomic mass is 31.2. The molecule has 3 rings (SSSR count). The topological polar surface area (TPSA) is 189 Å². The van der Waals surface area contributed by atoms with E-state index in [1.165, 1.54) is 14.2 Å². The molecule has 0 saturated carbocycles. The van der Waals surface area contributed by atoms with Crippen molar-refractivity contribution in [2.75, 3.05) is 80.3 Å². The molecule has 0 aromatic heterocycles. The molecule has 0 saturated heterocycles. The molecule has 0 heterocycles. The van der Waals surface area contributed by atoms with Gasteiger partial charge in [0.15, 0.2) is 0 Å². The SMILES string of the molecule is COC(OCCOCCOCCOCCOCCO)C(O)(OC)C(c1ccccc1)(c1ccccc1)c1ccccc1.NP(=O)(O)O. The van der Waals surface area contributed by atoms with Crippen molar-refractivity contribution in [1.29, 1.82) is 0 Å². The maximum Gasteiger partial charge on any atom is 0.397 e. The third-order valence-electron chi connectivity index (χ3n) is 6.85. The molecule has 14 heteroatoms. The Bertz CT molecular complexity index is 1150. The molecule has 2 atom stereocenters. The van der Waals surface area contributed by atoms with Crippen LogP contribution in [0.15, 0.2) is 91.0 Å². The lowest BCUT2D eigenvalue weighted by atomic mass is 9.63. The molecule has 0 radical (unpaired) electrons. The number of ether oxygens (including phenoxy) is 7. The van der Waals surface area contributed by atoms with Crippen LogP contribution in [0.4, 0.5) is 0 Å². The summed E-state index contributed by atoms with van der Waals surface area (Å²) in [5.41, 5.74) is 5.24. The predicted octanol–water partition coefficient (Wildman–Crippen LogP) is 2.44. The number of rotatable bonds is 22. The first kappa shape index (κ1) is 40.6. The van der Waals surface area contributed by atoms with Crippen molar-refractivity contribution in [3.05, 3.63) is 108 Å². The van der Waals surface area contributed by atoms with Gasteiger partial charge >= 0.3 is 7.75 Å². The summed E-state index contributed by atoms with van der Waals surface area (Å²) in [6.45, 7) is 3.27. The minimum absolute atomic E-state index is 0.00334. The fourth-order valence-corrected chi connectivity index (χ4v) is 4.99. The van der Waals surface area contributed by atoms with Gasteiger partial charge in [0.05, 0.1) is 66.1 Å². The van der Waals surface area contributed by atoms with Crippen LogP contribution in [0, 0.1) is 0 Å². The summed E-state index contributed by atoms with van der Waals surface area (Å²) in [5, 5.41) is 21.3. The van der Waals surface area contributed by atoms with Crippen LogP contribution in [-0.2, 0) is 43.1 Å². The predicted molar refractivity (Wildman–Crippen MR) is 175 cm³/mol. The standard InChI is InChI=1S/C33H44O9.H4NO3P/c1-36-31(42-27-26-41-25-24-40-23-22-39-21-20-38-19-18-34)33(35,37-2)32(28-12-6-3-7-13-28,29-14-8-4-9-15-29)30-16-10-5-11-17-30;1-5(2,3)4/h3-17,31,34-35H,18-27H2,1-2H3;(H4,1,2,3,4). The Balaban J connectivity index is 0.00000142. The van der Waals surface area contributed by atoms with E-state index in [1.807, 2.05) is 91.0 Å². The molecule has 3 aromatic carbocycles. The summed E-state index contributed by atoms with van der Waals surface area (Å²) in [5.74, 6) is -1.99. The zero-order valence-corrected chi connectivity index (χ0v) is 27.8. The second kappa shape index (κ2) is 22.1. The van der Waals surface area contributed by atoms with E-state index < -0.39 is 25.2 Å². The molecule has 0 aliphatic heterocycles. The Morgan fingerprint density at radius 2 is 0.957 bits per heavy atom. The molecule has 0 fully saturated rings. The monoisotopic (exact) mass is 681 g/mol. The van der Waals surface area contributed by atoms with Gasteiger partial charge in [0, 0.05) is 14.2 Å². The molecule has 262 valence electrons. The average Bonchev–Trinajstić information content (AvgIpc) is 3.07. The number of hydrogen-bond donors (Lipinski definition) is 5. The van der Waals surface area contributed by atoms with Crippen LogP contribution in [0.5, 0.6) is 0 Å². The fraction of sp³-hybridized carbons (Fsp3) is 0.455. The maximum atomic E-state index is 12.6. The summed E-state index contributed by atoms with van der Waals surface area (Å²) in [6.07, 6.45) is -1.18. The van der Waals surface area contributed by atoms with Gasteiger partial charge in [-0.1, -0.05) is 91.0 Å². The highest BCUT2D eigenvalue weighted by Crippen LogP contribution is 2.50. The molecular weight excluding hydrogens is 633 g/mol. The van der Waals surface area contributed by atoms with Crippen LogP contribution >= 0.6 is 7.75 Å². The van der Waals surface area contributed by atoms with Gasteiger partial charge in [-0.05, 0) is 16.7 Å². The molecule has 0 amide bonds. The van der Waals surface area contributed by atoms with E-state index in [4.69, 9.17) is 52.6 Å². The summed E-state index contributed by atoms with van der Waals surface area (Å²) >= 11 is 0. The lowest BCUT2D eigenvalue weighted by Gasteiger charge is -2.49. The van der Waals surface area contributed by atoms with E-state index in [0.29, 0.717) is 46.2 Å². The molecule has 0 spiro atoms. The number of methoxy groups -OCH3 is 2. The van der Waals surface area contributed by atoms with E-state index >= 15 is 0 Å². The van der Waals surface area contributed by atoms with Crippen LogP contribution in [0.3, 0.4) is 0 Å². The van der Waals surface area contributed by atoms with E-state index in [1.54, 1.807) is 0 Å². The van der Waals surface area contributed by atoms with Crippen molar-refractivity contribution in [1.82, 2.24) is 0 Å². The minimum atomic E-state index is -4.14. The molecule has 0 bridgehead atoms. The minimum Gasteiger partial charge on any atom is -0.394 e. The Labute approximate surface area is 276 Å². The largest absolute Gasteiger partial charge is 0.397 e. The van der Waals surface area contributed by atoms with E-state index in [2.05, 4.69) is 5.50 Å².